The number of benzene rings is 2. The predicted molar refractivity (Wildman–Crippen MR) is 156 cm³/mol. The van der Waals surface area contributed by atoms with E-state index in [2.05, 4.69) is 15.9 Å². The first-order valence-corrected chi connectivity index (χ1v) is 14.1. The fraction of sp³-hybridized carbons (Fsp3) is 0.483. The maximum absolute atomic E-state index is 13.2. The molecule has 2 aromatic rings. The van der Waals surface area contributed by atoms with E-state index in [9.17, 15) is 14.4 Å². The highest BCUT2D eigenvalue weighted by Gasteiger charge is 2.36. The molecule has 0 spiro atoms. The van der Waals surface area contributed by atoms with Crippen LogP contribution in [0.3, 0.4) is 0 Å². The van der Waals surface area contributed by atoms with E-state index in [0.717, 1.165) is 10.0 Å². The van der Waals surface area contributed by atoms with E-state index in [1.54, 1.807) is 60.9 Å². The van der Waals surface area contributed by atoms with E-state index in [1.807, 2.05) is 26.8 Å². The Labute approximate surface area is 249 Å². The minimum atomic E-state index is -0.702. The third-order valence-electron chi connectivity index (χ3n) is 5.77. The lowest BCUT2D eigenvalue weighted by Crippen LogP contribution is -2.55. The zero-order valence-electron chi connectivity index (χ0n) is 23.8. The van der Waals surface area contributed by atoms with Crippen molar-refractivity contribution in [2.45, 2.75) is 65.9 Å². The van der Waals surface area contributed by atoms with Gasteiger partial charge in [-0.15, -0.1) is 0 Å². The number of hydrogen-bond donors (Lipinski definition) is 1. The summed E-state index contributed by atoms with van der Waals surface area (Å²) in [5, 5.41) is 0.594. The molecule has 0 aromatic heterocycles. The normalized spacial score (nSPS) is 13.8. The molecule has 1 heterocycles. The highest BCUT2D eigenvalue weighted by Crippen LogP contribution is 2.27. The number of nitrogens with zero attached hydrogens (tertiary/aromatic N) is 2. The van der Waals surface area contributed by atoms with E-state index in [1.165, 1.54) is 0 Å². The van der Waals surface area contributed by atoms with Gasteiger partial charge in [0.05, 0.1) is 0 Å². The Morgan fingerprint density at radius 2 is 1.68 bits per heavy atom. The fourth-order valence-corrected chi connectivity index (χ4v) is 4.80. The zero-order valence-corrected chi connectivity index (χ0v) is 26.1. The Kier molecular flexibility index (Phi) is 10.0. The number of amides is 3. The van der Waals surface area contributed by atoms with Crippen molar-refractivity contribution in [3.63, 3.8) is 0 Å². The largest absolute Gasteiger partial charge is 0.489 e. The number of ether oxygens (including phenoxy) is 3. The number of likely N-dealkylation sites (tertiary alicyclic amines) is 1. The number of hydrogen-bond acceptors (Lipinski definition) is 6. The molecule has 1 aliphatic heterocycles. The summed E-state index contributed by atoms with van der Waals surface area (Å²) in [6.07, 6.45) is -0.879. The van der Waals surface area contributed by atoms with Crippen LogP contribution in [0.15, 0.2) is 40.9 Å². The van der Waals surface area contributed by atoms with Gasteiger partial charge in [0.25, 0.3) is 0 Å². The van der Waals surface area contributed by atoms with Crippen molar-refractivity contribution in [2.75, 3.05) is 19.6 Å². The molecule has 0 bridgehead atoms. The molecule has 1 fully saturated rings. The summed E-state index contributed by atoms with van der Waals surface area (Å²) in [6, 6.07) is 10.3. The third kappa shape index (κ3) is 9.59. The Bertz CT molecular complexity index is 1250. The lowest BCUT2D eigenvalue weighted by molar-refractivity contribution is -0.0123. The quantitative estimate of drug-likeness (QED) is 0.359. The summed E-state index contributed by atoms with van der Waals surface area (Å²) in [5.74, 6) is -0.149. The van der Waals surface area contributed by atoms with Crippen LogP contribution >= 0.6 is 27.5 Å². The first-order chi connectivity index (χ1) is 18.5. The van der Waals surface area contributed by atoms with Crippen LogP contribution in [0.4, 0.5) is 9.59 Å². The molecule has 218 valence electrons. The van der Waals surface area contributed by atoms with Crippen molar-refractivity contribution < 1.29 is 28.6 Å². The molecule has 2 aromatic carbocycles. The lowest BCUT2D eigenvalue weighted by atomic mass is 9.99. The van der Waals surface area contributed by atoms with Crippen molar-refractivity contribution in [1.29, 1.82) is 0 Å². The van der Waals surface area contributed by atoms with E-state index in [-0.39, 0.29) is 30.7 Å². The molecular weight excluding hydrogens is 602 g/mol. The molecule has 0 unspecified atom stereocenters. The summed E-state index contributed by atoms with van der Waals surface area (Å²) in [6.45, 7) is 12.5. The molecule has 11 heteroatoms. The third-order valence-corrected chi connectivity index (χ3v) is 6.75. The number of nitrogens with two attached hydrogens (primary N) is 1. The van der Waals surface area contributed by atoms with Gasteiger partial charge in [0.15, 0.2) is 0 Å². The van der Waals surface area contributed by atoms with Crippen LogP contribution in [0, 0.1) is 5.92 Å². The number of primary amides is 1. The molecule has 3 rings (SSSR count). The molecule has 0 saturated carbocycles. The Balaban J connectivity index is 1.77. The van der Waals surface area contributed by atoms with Gasteiger partial charge in [-0.1, -0.05) is 33.6 Å². The summed E-state index contributed by atoms with van der Waals surface area (Å²) in [7, 11) is 0. The summed E-state index contributed by atoms with van der Waals surface area (Å²) in [5.41, 5.74) is 6.09. The zero-order chi connectivity index (χ0) is 29.8. The lowest BCUT2D eigenvalue weighted by Gasteiger charge is -2.42. The molecule has 1 aliphatic rings. The summed E-state index contributed by atoms with van der Waals surface area (Å²) < 4.78 is 17.9. The van der Waals surface area contributed by atoms with E-state index >= 15 is 0 Å². The Morgan fingerprint density at radius 3 is 2.25 bits per heavy atom. The summed E-state index contributed by atoms with van der Waals surface area (Å²) in [4.78, 5) is 40.8. The van der Waals surface area contributed by atoms with Gasteiger partial charge in [-0.3, -0.25) is 4.79 Å². The van der Waals surface area contributed by atoms with Crippen LogP contribution in [0.1, 0.15) is 63.0 Å². The number of carbonyl (C=O) groups is 3. The van der Waals surface area contributed by atoms with Gasteiger partial charge in [0.1, 0.15) is 23.6 Å². The topological polar surface area (TPSA) is 111 Å². The van der Waals surface area contributed by atoms with Gasteiger partial charge in [0.2, 0.25) is 5.91 Å². The molecule has 3 amide bonds. The van der Waals surface area contributed by atoms with Crippen LogP contribution in [0.5, 0.6) is 5.75 Å². The van der Waals surface area contributed by atoms with Crippen LogP contribution in [-0.2, 0) is 22.6 Å². The molecule has 1 saturated heterocycles. The van der Waals surface area contributed by atoms with Crippen LogP contribution in [0.25, 0.3) is 0 Å². The van der Waals surface area contributed by atoms with Crippen molar-refractivity contribution in [1.82, 2.24) is 9.80 Å². The van der Waals surface area contributed by atoms with E-state index < -0.39 is 23.2 Å². The first-order valence-electron chi connectivity index (χ1n) is 13.0. The summed E-state index contributed by atoms with van der Waals surface area (Å²) >= 11 is 9.51. The molecular formula is C29H37BrClN3O6. The molecule has 0 aliphatic carbocycles. The Hall–Kier alpha value is -2.98. The maximum atomic E-state index is 13.2. The standard InChI is InChI=1S/C29H37BrClN3O6/c1-28(2,3)39-26(36)33(14-19-15-34(16-19)27(37)40-29(4,5)6)13-18-9-21(25(32)35)11-23(10-18)38-17-20-7-8-22(31)12-24(20)30/h7-12,19H,13-17H2,1-6H3,(H2,32,35). The molecule has 40 heavy (non-hydrogen) atoms. The molecule has 9 nitrogen and oxygen atoms in total. The van der Waals surface area contributed by atoms with Crippen LogP contribution < -0.4 is 10.5 Å². The average Bonchev–Trinajstić information content (AvgIpc) is 2.77. The SMILES string of the molecule is CC(C)(C)OC(=O)N(Cc1cc(OCc2ccc(Cl)cc2Br)cc(C(N)=O)c1)CC1CN(C(=O)OC(C)(C)C)C1. The first kappa shape index (κ1) is 31.5. The average molecular weight is 639 g/mol. The van der Waals surface area contributed by atoms with Gasteiger partial charge in [-0.05, 0) is 77.4 Å². The van der Waals surface area contributed by atoms with Crippen molar-refractivity contribution in [3.05, 3.63) is 62.6 Å². The Morgan fingerprint density at radius 1 is 1.02 bits per heavy atom. The second kappa shape index (κ2) is 12.7. The minimum absolute atomic E-state index is 0.0392. The van der Waals surface area contributed by atoms with Crippen molar-refractivity contribution in [3.8, 4) is 5.75 Å². The molecule has 0 atom stereocenters. The maximum Gasteiger partial charge on any atom is 0.410 e. The second-order valence-corrected chi connectivity index (χ2v) is 13.2. The molecule has 0 radical (unpaired) electrons. The predicted octanol–water partition coefficient (Wildman–Crippen LogP) is 6.38. The minimum Gasteiger partial charge on any atom is -0.489 e. The number of carbonyl (C=O) groups excluding carboxylic acids is 3. The van der Waals surface area contributed by atoms with Gasteiger partial charge < -0.3 is 29.7 Å². The highest BCUT2D eigenvalue weighted by molar-refractivity contribution is 9.10. The van der Waals surface area contributed by atoms with Gasteiger partial charge in [-0.25, -0.2) is 9.59 Å². The monoisotopic (exact) mass is 637 g/mol. The second-order valence-electron chi connectivity index (χ2n) is 11.9. The fourth-order valence-electron chi connectivity index (χ4n) is 4.00. The van der Waals surface area contributed by atoms with Gasteiger partial charge in [-0.2, -0.15) is 0 Å². The van der Waals surface area contributed by atoms with E-state index in [0.29, 0.717) is 36.0 Å². The van der Waals surface area contributed by atoms with Crippen LogP contribution in [-0.4, -0.2) is 58.7 Å². The smallest absolute Gasteiger partial charge is 0.410 e. The van der Waals surface area contributed by atoms with Gasteiger partial charge >= 0.3 is 12.2 Å². The molecule has 2 N–H and O–H groups in total. The van der Waals surface area contributed by atoms with Gasteiger partial charge in [0, 0.05) is 52.7 Å². The van der Waals surface area contributed by atoms with Crippen LogP contribution in [0.2, 0.25) is 5.02 Å². The number of halogens is 2. The highest BCUT2D eigenvalue weighted by atomic mass is 79.9. The van der Waals surface area contributed by atoms with E-state index in [4.69, 9.17) is 31.5 Å². The van der Waals surface area contributed by atoms with Crippen molar-refractivity contribution >= 4 is 45.6 Å². The number of rotatable bonds is 8. The van der Waals surface area contributed by atoms with Crippen molar-refractivity contribution in [2.24, 2.45) is 11.7 Å².